The number of hydrogen-bond donors (Lipinski definition) is 3. The molecule has 0 radical (unpaired) electrons. The molecule has 0 fully saturated rings. The van der Waals surface area contributed by atoms with Crippen molar-refractivity contribution in [2.45, 2.75) is 52.2 Å². The molecule has 2 heterocycles. The van der Waals surface area contributed by atoms with Crippen molar-refractivity contribution >= 4 is 34.2 Å². The van der Waals surface area contributed by atoms with E-state index in [-0.39, 0.29) is 17.4 Å². The smallest absolute Gasteiger partial charge is 0.324 e. The Bertz CT molecular complexity index is 1510. The minimum Gasteiger partial charge on any atom is -0.384 e. The lowest BCUT2D eigenvalue weighted by molar-refractivity contribution is -0.140. The predicted molar refractivity (Wildman–Crippen MR) is 150 cm³/mol. The van der Waals surface area contributed by atoms with Crippen LogP contribution in [0.15, 0.2) is 66.7 Å². The zero-order valence-corrected chi connectivity index (χ0v) is 22.2. The van der Waals surface area contributed by atoms with Gasteiger partial charge in [0.15, 0.2) is 0 Å². The van der Waals surface area contributed by atoms with Crippen LogP contribution in [0.25, 0.3) is 16.5 Å². The number of nitrogens with zero attached hydrogens (tertiary/aromatic N) is 3. The molecular formula is C30H33N5O3. The van der Waals surface area contributed by atoms with Crippen molar-refractivity contribution in [2.75, 3.05) is 17.2 Å². The molecule has 4 aromatic rings. The van der Waals surface area contributed by atoms with E-state index in [4.69, 9.17) is 5.10 Å². The molecule has 0 aliphatic carbocycles. The maximum atomic E-state index is 13.2. The lowest BCUT2D eigenvalue weighted by atomic mass is 9.92. The highest BCUT2D eigenvalue weighted by molar-refractivity contribution is 6.06. The van der Waals surface area contributed by atoms with Gasteiger partial charge in [-0.25, -0.2) is 9.48 Å². The molecule has 0 saturated carbocycles. The largest absolute Gasteiger partial charge is 0.384 e. The molecule has 3 amide bonds. The summed E-state index contributed by atoms with van der Waals surface area (Å²) in [5.74, 6) is 0.267. The molecule has 8 nitrogen and oxygen atoms in total. The van der Waals surface area contributed by atoms with Crippen molar-refractivity contribution in [3.8, 4) is 5.69 Å². The number of carbonyl (C=O) groups is 2. The van der Waals surface area contributed by atoms with Gasteiger partial charge in [0.05, 0.1) is 17.1 Å². The van der Waals surface area contributed by atoms with Crippen molar-refractivity contribution < 1.29 is 14.7 Å². The van der Waals surface area contributed by atoms with Crippen molar-refractivity contribution in [1.29, 1.82) is 0 Å². The van der Waals surface area contributed by atoms with Gasteiger partial charge in [-0.1, -0.05) is 63.2 Å². The first kappa shape index (κ1) is 25.5. The summed E-state index contributed by atoms with van der Waals surface area (Å²) in [6, 6.07) is 21.3. The number of carbonyl (C=O) groups excluding carboxylic acids is 2. The van der Waals surface area contributed by atoms with E-state index in [9.17, 15) is 14.7 Å². The molecule has 8 heteroatoms. The monoisotopic (exact) mass is 511 g/mol. The molecule has 0 unspecified atom stereocenters. The maximum absolute atomic E-state index is 13.2. The zero-order chi connectivity index (χ0) is 27.0. The third kappa shape index (κ3) is 5.13. The molecular weight excluding hydrogens is 478 g/mol. The topological polar surface area (TPSA) is 99.5 Å². The summed E-state index contributed by atoms with van der Waals surface area (Å²) < 4.78 is 1.74. The number of aromatic nitrogens is 2. The minimum absolute atomic E-state index is 0.234. The fourth-order valence-corrected chi connectivity index (χ4v) is 4.77. The zero-order valence-electron chi connectivity index (χ0n) is 22.2. The Balaban J connectivity index is 1.45. The second kappa shape index (κ2) is 9.95. The normalized spacial score (nSPS) is 14.2. The number of benzene rings is 3. The number of aliphatic hydroxyl groups excluding tert-OH is 1. The van der Waals surface area contributed by atoms with E-state index < -0.39 is 6.10 Å². The van der Waals surface area contributed by atoms with Crippen LogP contribution in [0.1, 0.15) is 44.5 Å². The van der Waals surface area contributed by atoms with Crippen LogP contribution >= 0.6 is 0 Å². The highest BCUT2D eigenvalue weighted by Crippen LogP contribution is 2.29. The minimum atomic E-state index is -1.03. The number of aliphatic hydroxyl groups is 1. The van der Waals surface area contributed by atoms with E-state index in [2.05, 4.69) is 31.4 Å². The van der Waals surface area contributed by atoms with Crippen LogP contribution in [-0.4, -0.2) is 44.4 Å². The third-order valence-electron chi connectivity index (χ3n) is 6.87. The molecule has 0 spiro atoms. The van der Waals surface area contributed by atoms with Gasteiger partial charge in [-0.3, -0.25) is 10.1 Å². The van der Waals surface area contributed by atoms with Crippen molar-refractivity contribution in [3.05, 3.63) is 83.6 Å². The number of nitrogens with one attached hydrogen (secondary N) is 2. The molecule has 1 aliphatic heterocycles. The van der Waals surface area contributed by atoms with E-state index >= 15 is 0 Å². The quantitative estimate of drug-likeness (QED) is 0.349. The Kier molecular flexibility index (Phi) is 6.67. The van der Waals surface area contributed by atoms with Crippen LogP contribution in [0, 0.1) is 0 Å². The first-order valence-electron chi connectivity index (χ1n) is 12.9. The highest BCUT2D eigenvalue weighted by atomic mass is 16.3. The van der Waals surface area contributed by atoms with Crippen LogP contribution in [-0.2, 0) is 23.2 Å². The molecule has 196 valence electrons. The number of fused-ring (bicyclic) bond motifs is 2. The maximum Gasteiger partial charge on any atom is 0.324 e. The summed E-state index contributed by atoms with van der Waals surface area (Å²) in [6.45, 7) is 8.72. The standard InChI is InChI=1S/C30H33N5O3/c1-19(36)28(37)34-15-14-20-12-13-23(16-22(20)18-34)35-27(17-26(33-35)30(2,3)4)32-29(38)31-25-11-7-9-21-8-5-6-10-24(21)25/h5-13,16-17,19,36H,14-15,18H2,1-4H3,(H2,31,32,38)/t19-/m1/s1. The average molecular weight is 512 g/mol. The van der Waals surface area contributed by atoms with Crippen molar-refractivity contribution in [3.63, 3.8) is 0 Å². The summed E-state index contributed by atoms with van der Waals surface area (Å²) in [5.41, 5.74) is 4.27. The Morgan fingerprint density at radius 1 is 0.974 bits per heavy atom. The van der Waals surface area contributed by atoms with Gasteiger partial charge in [0.25, 0.3) is 5.91 Å². The molecule has 0 bridgehead atoms. The van der Waals surface area contributed by atoms with Gasteiger partial charge in [-0.2, -0.15) is 5.10 Å². The van der Waals surface area contributed by atoms with Crippen molar-refractivity contribution in [1.82, 2.24) is 14.7 Å². The fraction of sp³-hybridized carbons (Fsp3) is 0.300. The van der Waals surface area contributed by atoms with E-state index in [0.717, 1.165) is 45.4 Å². The van der Waals surface area contributed by atoms with Gasteiger partial charge in [0, 0.05) is 30.0 Å². The van der Waals surface area contributed by atoms with E-state index in [1.807, 2.05) is 66.7 Å². The van der Waals surface area contributed by atoms with Crippen LogP contribution < -0.4 is 10.6 Å². The number of anilines is 2. The van der Waals surface area contributed by atoms with Crippen LogP contribution in [0.4, 0.5) is 16.3 Å². The lowest BCUT2D eigenvalue weighted by Crippen LogP contribution is -2.41. The Morgan fingerprint density at radius 2 is 1.74 bits per heavy atom. The van der Waals surface area contributed by atoms with Crippen LogP contribution in [0.5, 0.6) is 0 Å². The van der Waals surface area contributed by atoms with Crippen LogP contribution in [0.3, 0.4) is 0 Å². The first-order chi connectivity index (χ1) is 18.1. The second-order valence-corrected chi connectivity index (χ2v) is 10.8. The molecule has 3 aromatic carbocycles. The summed E-state index contributed by atoms with van der Waals surface area (Å²) in [4.78, 5) is 27.2. The van der Waals surface area contributed by atoms with E-state index in [1.165, 1.54) is 6.92 Å². The molecule has 1 aromatic heterocycles. The summed E-state index contributed by atoms with van der Waals surface area (Å²) in [7, 11) is 0. The summed E-state index contributed by atoms with van der Waals surface area (Å²) in [5, 5.41) is 22.6. The first-order valence-corrected chi connectivity index (χ1v) is 12.9. The fourth-order valence-electron chi connectivity index (χ4n) is 4.77. The van der Waals surface area contributed by atoms with E-state index in [0.29, 0.717) is 18.9 Å². The molecule has 3 N–H and O–H groups in total. The van der Waals surface area contributed by atoms with E-state index in [1.54, 1.807) is 9.58 Å². The average Bonchev–Trinajstić information content (AvgIpc) is 3.32. The number of amides is 3. The number of hydrogen-bond acceptors (Lipinski definition) is 4. The Hall–Kier alpha value is -4.17. The van der Waals surface area contributed by atoms with Gasteiger partial charge in [0.1, 0.15) is 11.9 Å². The predicted octanol–water partition coefficient (Wildman–Crippen LogP) is 5.23. The molecule has 5 rings (SSSR count). The third-order valence-corrected chi connectivity index (χ3v) is 6.87. The van der Waals surface area contributed by atoms with Gasteiger partial charge >= 0.3 is 6.03 Å². The van der Waals surface area contributed by atoms with Gasteiger partial charge in [-0.05, 0) is 48.1 Å². The Labute approximate surface area is 222 Å². The molecule has 1 aliphatic rings. The molecule has 38 heavy (non-hydrogen) atoms. The number of rotatable bonds is 4. The van der Waals surface area contributed by atoms with Crippen molar-refractivity contribution in [2.24, 2.45) is 0 Å². The second-order valence-electron chi connectivity index (χ2n) is 10.8. The van der Waals surface area contributed by atoms with Crippen LogP contribution in [0.2, 0.25) is 0 Å². The van der Waals surface area contributed by atoms with Gasteiger partial charge < -0.3 is 15.3 Å². The number of urea groups is 1. The SMILES string of the molecule is C[C@@H](O)C(=O)N1CCc2ccc(-n3nc(C(C)(C)C)cc3NC(=O)Nc3cccc4ccccc34)cc2C1. The van der Waals surface area contributed by atoms with Gasteiger partial charge in [0.2, 0.25) is 0 Å². The Morgan fingerprint density at radius 3 is 2.50 bits per heavy atom. The summed E-state index contributed by atoms with van der Waals surface area (Å²) >= 11 is 0. The highest BCUT2D eigenvalue weighted by Gasteiger charge is 2.25. The summed E-state index contributed by atoms with van der Waals surface area (Å²) in [6.07, 6.45) is -0.310. The molecule has 1 atom stereocenters. The molecule has 0 saturated heterocycles. The van der Waals surface area contributed by atoms with Gasteiger partial charge in [-0.15, -0.1) is 0 Å². The lowest BCUT2D eigenvalue weighted by Gasteiger charge is -2.30.